The minimum absolute atomic E-state index is 0.400. The molecule has 4 aromatic rings. The zero-order chi connectivity index (χ0) is 25.0. The molecule has 0 aromatic heterocycles. The summed E-state index contributed by atoms with van der Waals surface area (Å²) in [6, 6.07) is 34.5. The molecule has 0 saturated heterocycles. The Labute approximate surface area is 213 Å². The zero-order valence-corrected chi connectivity index (χ0v) is 22.7. The van der Waals surface area contributed by atoms with Gasteiger partial charge in [0.05, 0.1) is 4.75 Å². The number of benzene rings is 4. The van der Waals surface area contributed by atoms with Crippen molar-refractivity contribution < 1.29 is 4.21 Å². The molecule has 35 heavy (non-hydrogen) atoms. The van der Waals surface area contributed by atoms with E-state index in [4.69, 9.17) is 0 Å². The molecule has 1 atom stereocenters. The molecule has 0 spiro atoms. The first-order valence-corrected chi connectivity index (χ1v) is 14.3. The van der Waals surface area contributed by atoms with Crippen molar-refractivity contribution >= 4 is 41.0 Å². The molecule has 4 heteroatoms. The van der Waals surface area contributed by atoms with Gasteiger partial charge in [-0.25, -0.2) is 4.21 Å². The summed E-state index contributed by atoms with van der Waals surface area (Å²) in [5.41, 5.74) is 5.81. The molecule has 0 fully saturated rings. The van der Waals surface area contributed by atoms with E-state index in [-0.39, 0.29) is 0 Å². The van der Waals surface area contributed by atoms with E-state index in [0.29, 0.717) is 0 Å². The van der Waals surface area contributed by atoms with Crippen molar-refractivity contribution in [1.82, 2.24) is 0 Å². The Morgan fingerprint density at radius 1 is 0.686 bits per heavy atom. The van der Waals surface area contributed by atoms with Crippen LogP contribution in [0.5, 0.6) is 0 Å². The fourth-order valence-electron chi connectivity index (χ4n) is 4.15. The van der Waals surface area contributed by atoms with Crippen LogP contribution in [-0.2, 0) is 11.0 Å². The maximum absolute atomic E-state index is 12.7. The molecule has 2 nitrogen and oxygen atoms in total. The van der Waals surface area contributed by atoms with Crippen molar-refractivity contribution in [3.63, 3.8) is 0 Å². The first-order chi connectivity index (χ1) is 16.8. The van der Waals surface area contributed by atoms with E-state index in [2.05, 4.69) is 115 Å². The van der Waals surface area contributed by atoms with E-state index >= 15 is 0 Å². The molecule has 0 bridgehead atoms. The largest absolute Gasteiger partial charge is 0.234 e. The van der Waals surface area contributed by atoms with Gasteiger partial charge in [0.15, 0.2) is 0 Å². The van der Waals surface area contributed by atoms with Crippen molar-refractivity contribution in [3.05, 3.63) is 114 Å². The minimum atomic E-state index is -1.31. The van der Waals surface area contributed by atoms with Crippen molar-refractivity contribution in [2.24, 2.45) is 4.40 Å². The van der Waals surface area contributed by atoms with Gasteiger partial charge in [0, 0.05) is 11.8 Å². The Bertz CT molecular complexity index is 1320. The summed E-state index contributed by atoms with van der Waals surface area (Å²) in [6.45, 7) is 10.2. The smallest absolute Gasteiger partial charge is 0.144 e. The van der Waals surface area contributed by atoms with Crippen LogP contribution in [0.4, 0.5) is 0 Å². The van der Waals surface area contributed by atoms with Crippen LogP contribution in [0.2, 0.25) is 0 Å². The quantitative estimate of drug-likeness (QED) is 0.218. The first-order valence-electron chi connectivity index (χ1n) is 11.8. The lowest BCUT2D eigenvalue weighted by molar-refractivity contribution is 0.651. The van der Waals surface area contributed by atoms with Gasteiger partial charge in [0.25, 0.3) is 0 Å². The van der Waals surface area contributed by atoms with Gasteiger partial charge in [-0.3, -0.25) is 0 Å². The summed E-state index contributed by atoms with van der Waals surface area (Å²) < 4.78 is 16.8. The predicted octanol–water partition coefficient (Wildman–Crippen LogP) is 6.61. The summed E-state index contributed by atoms with van der Waals surface area (Å²) >= 11 is 0. The van der Waals surface area contributed by atoms with Gasteiger partial charge in [-0.05, 0) is 80.7 Å². The molecule has 0 aliphatic carbocycles. The fourth-order valence-corrected chi connectivity index (χ4v) is 7.21. The average molecular weight is 498 g/mol. The summed E-state index contributed by atoms with van der Waals surface area (Å²) in [4.78, 5) is 0. The Morgan fingerprint density at radius 2 is 1.20 bits per heavy atom. The Hall–Kier alpha value is -2.87. The molecule has 4 rings (SSSR count). The van der Waals surface area contributed by atoms with Crippen molar-refractivity contribution in [1.29, 1.82) is 0 Å². The molecule has 0 amide bonds. The van der Waals surface area contributed by atoms with Gasteiger partial charge in [0.2, 0.25) is 0 Å². The maximum Gasteiger partial charge on any atom is 0.144 e. The molecule has 4 aromatic carbocycles. The van der Waals surface area contributed by atoms with Crippen LogP contribution >= 0.6 is 7.92 Å². The SMILES string of the molecule is Cc1cccc(/C=N\S(=O)C(C)(C)C)c1-c1c(C)cccc1P(c1ccccc1)c1ccccc1. The molecule has 0 radical (unpaired) electrons. The van der Waals surface area contributed by atoms with Gasteiger partial charge < -0.3 is 0 Å². The van der Waals surface area contributed by atoms with Gasteiger partial charge in [-0.15, -0.1) is 0 Å². The highest BCUT2D eigenvalue weighted by Gasteiger charge is 2.23. The number of hydrogen-bond donors (Lipinski definition) is 0. The van der Waals surface area contributed by atoms with E-state index in [1.165, 1.54) is 32.6 Å². The number of hydrogen-bond acceptors (Lipinski definition) is 1. The average Bonchev–Trinajstić information content (AvgIpc) is 2.84. The summed E-state index contributed by atoms with van der Waals surface area (Å²) in [6.07, 6.45) is 1.80. The second-order valence-electron chi connectivity index (χ2n) is 9.61. The van der Waals surface area contributed by atoms with Crippen molar-refractivity contribution in [2.45, 2.75) is 39.4 Å². The van der Waals surface area contributed by atoms with E-state index < -0.39 is 23.7 Å². The minimum Gasteiger partial charge on any atom is -0.234 e. The molecule has 0 N–H and O–H groups in total. The summed E-state index contributed by atoms with van der Waals surface area (Å²) in [5.74, 6) is 0. The molecular weight excluding hydrogens is 465 g/mol. The van der Waals surface area contributed by atoms with Gasteiger partial charge in [-0.2, -0.15) is 4.40 Å². The molecule has 178 valence electrons. The maximum atomic E-state index is 12.7. The lowest BCUT2D eigenvalue weighted by Crippen LogP contribution is -2.23. The van der Waals surface area contributed by atoms with E-state index in [1.807, 2.05) is 20.8 Å². The zero-order valence-electron chi connectivity index (χ0n) is 21.0. The molecule has 1 unspecified atom stereocenters. The standard InChI is InChI=1S/C31H32NOPS/c1-23-14-12-16-25(22-32-35(33)31(3,4)5)29(23)30-24(2)15-13-21-28(30)34(26-17-8-6-9-18-26)27-19-10-7-11-20-27/h6-22H,1-5H3/b32-22-. The predicted molar refractivity (Wildman–Crippen MR) is 156 cm³/mol. The van der Waals surface area contributed by atoms with Crippen LogP contribution in [0, 0.1) is 13.8 Å². The Kier molecular flexibility index (Phi) is 7.79. The first kappa shape index (κ1) is 25.2. The topological polar surface area (TPSA) is 29.4 Å². The third-order valence-electron chi connectivity index (χ3n) is 5.89. The number of aryl methyl sites for hydroxylation is 2. The second kappa shape index (κ2) is 10.8. The third-order valence-corrected chi connectivity index (χ3v) is 9.72. The van der Waals surface area contributed by atoms with Gasteiger partial charge in [-0.1, -0.05) is 97.1 Å². The molecule has 0 heterocycles. The van der Waals surface area contributed by atoms with E-state index in [0.717, 1.165) is 11.1 Å². The second-order valence-corrected chi connectivity index (χ2v) is 13.7. The summed E-state index contributed by atoms with van der Waals surface area (Å²) in [5, 5.41) is 3.95. The number of nitrogens with zero attached hydrogens (tertiary/aromatic N) is 1. The van der Waals surface area contributed by atoms with Crippen LogP contribution in [-0.4, -0.2) is 15.2 Å². The van der Waals surface area contributed by atoms with Crippen LogP contribution in [0.1, 0.15) is 37.5 Å². The Balaban J connectivity index is 1.96. The Morgan fingerprint density at radius 3 is 1.74 bits per heavy atom. The third kappa shape index (κ3) is 5.69. The normalized spacial score (nSPS) is 12.9. The van der Waals surface area contributed by atoms with E-state index in [1.54, 1.807) is 6.21 Å². The summed E-state index contributed by atoms with van der Waals surface area (Å²) in [7, 11) is -2.09. The van der Waals surface area contributed by atoms with Crippen LogP contribution in [0.3, 0.4) is 0 Å². The van der Waals surface area contributed by atoms with Crippen molar-refractivity contribution in [2.75, 3.05) is 0 Å². The van der Waals surface area contributed by atoms with Gasteiger partial charge >= 0.3 is 0 Å². The molecular formula is C31H32NOPS. The van der Waals surface area contributed by atoms with Gasteiger partial charge in [0.1, 0.15) is 11.0 Å². The highest BCUT2D eigenvalue weighted by Crippen LogP contribution is 2.40. The fraction of sp³-hybridized carbons (Fsp3) is 0.194. The molecule has 0 aliphatic heterocycles. The highest BCUT2D eigenvalue weighted by molar-refractivity contribution is 7.85. The van der Waals surface area contributed by atoms with Crippen LogP contribution < -0.4 is 15.9 Å². The van der Waals surface area contributed by atoms with Crippen molar-refractivity contribution in [3.8, 4) is 11.1 Å². The van der Waals surface area contributed by atoms with Crippen LogP contribution in [0.25, 0.3) is 11.1 Å². The lowest BCUT2D eigenvalue weighted by Gasteiger charge is -2.25. The monoisotopic (exact) mass is 497 g/mol. The van der Waals surface area contributed by atoms with E-state index in [9.17, 15) is 4.21 Å². The highest BCUT2D eigenvalue weighted by atomic mass is 32.2. The van der Waals surface area contributed by atoms with Crippen LogP contribution in [0.15, 0.2) is 101 Å². The lowest BCUT2D eigenvalue weighted by atomic mass is 9.92. The molecule has 0 saturated carbocycles. The number of rotatable bonds is 6. The molecule has 0 aliphatic rings.